The van der Waals surface area contributed by atoms with Gasteiger partial charge in [-0.25, -0.2) is 9.78 Å². The van der Waals surface area contributed by atoms with E-state index in [1.165, 1.54) is 30.0 Å². The second kappa shape index (κ2) is 5.21. The van der Waals surface area contributed by atoms with Crippen LogP contribution in [0.1, 0.15) is 6.42 Å². The number of amides is 3. The van der Waals surface area contributed by atoms with Crippen molar-refractivity contribution >= 4 is 29.4 Å². The van der Waals surface area contributed by atoms with Gasteiger partial charge < -0.3 is 4.74 Å². The molecule has 0 saturated carbocycles. The number of methoxy groups -OCH3 is 1. The molecular weight excluding hydrogens is 256 g/mol. The van der Waals surface area contributed by atoms with Crippen LogP contribution in [0.25, 0.3) is 0 Å². The molecule has 1 aromatic rings. The molecule has 3 amide bonds. The van der Waals surface area contributed by atoms with Gasteiger partial charge in [0.2, 0.25) is 11.8 Å². The highest BCUT2D eigenvalue weighted by molar-refractivity contribution is 7.98. The number of imide groups is 1. The van der Waals surface area contributed by atoms with Gasteiger partial charge in [-0.15, -0.1) is 0 Å². The van der Waals surface area contributed by atoms with Gasteiger partial charge in [0.1, 0.15) is 5.69 Å². The average Bonchev–Trinajstić information content (AvgIpc) is 2.38. The van der Waals surface area contributed by atoms with E-state index in [4.69, 9.17) is 4.74 Å². The number of carbonyl (C=O) groups excluding carboxylic acids is 2. The van der Waals surface area contributed by atoms with E-state index in [0.717, 1.165) is 0 Å². The Morgan fingerprint density at radius 3 is 2.89 bits per heavy atom. The molecule has 1 saturated heterocycles. The monoisotopic (exact) mass is 268 g/mol. The Hall–Kier alpha value is -1.83. The summed E-state index contributed by atoms with van der Waals surface area (Å²) < 4.78 is 5.15. The van der Waals surface area contributed by atoms with Crippen LogP contribution < -0.4 is 15.0 Å². The van der Waals surface area contributed by atoms with Gasteiger partial charge >= 0.3 is 6.03 Å². The van der Waals surface area contributed by atoms with Crippen molar-refractivity contribution < 1.29 is 14.3 Å². The summed E-state index contributed by atoms with van der Waals surface area (Å²) in [5.41, 5.74) is 0.459. The van der Waals surface area contributed by atoms with Gasteiger partial charge in [-0.2, -0.15) is 4.98 Å². The summed E-state index contributed by atoms with van der Waals surface area (Å²) in [7, 11) is 1.48. The number of hydrogen-bond acceptors (Lipinski definition) is 6. The molecule has 1 aromatic heterocycles. The zero-order chi connectivity index (χ0) is 13.1. The number of urea groups is 1. The van der Waals surface area contributed by atoms with E-state index in [1.54, 1.807) is 0 Å². The lowest BCUT2D eigenvalue weighted by atomic mass is 10.3. The lowest BCUT2D eigenvalue weighted by Crippen LogP contribution is -2.49. The fourth-order valence-electron chi connectivity index (χ4n) is 1.57. The highest BCUT2D eigenvalue weighted by Crippen LogP contribution is 2.28. The predicted octanol–water partition coefficient (Wildman–Crippen LogP) is 0.653. The molecule has 0 unspecified atom stereocenters. The summed E-state index contributed by atoms with van der Waals surface area (Å²) in [6.07, 6.45) is 3.62. The molecule has 1 aliphatic heterocycles. The van der Waals surface area contributed by atoms with E-state index in [2.05, 4.69) is 15.3 Å². The van der Waals surface area contributed by atoms with Gasteiger partial charge in [0, 0.05) is 13.0 Å². The van der Waals surface area contributed by atoms with E-state index in [-0.39, 0.29) is 12.3 Å². The number of carbonyl (C=O) groups is 2. The average molecular weight is 268 g/mol. The standard InChI is InChI=1S/C10H12N4O3S/c1-17-8-6(5-11-9(13-8)18-2)14-4-3-7(15)12-10(14)16/h5H,3-4H2,1-2H3,(H,12,15,16). The van der Waals surface area contributed by atoms with Crippen molar-refractivity contribution in [1.29, 1.82) is 0 Å². The largest absolute Gasteiger partial charge is 0.479 e. The molecule has 2 heterocycles. The zero-order valence-corrected chi connectivity index (χ0v) is 10.8. The highest BCUT2D eigenvalue weighted by Gasteiger charge is 2.27. The van der Waals surface area contributed by atoms with Crippen molar-refractivity contribution in [2.24, 2.45) is 0 Å². The molecule has 0 atom stereocenters. The van der Waals surface area contributed by atoms with Crippen LogP contribution >= 0.6 is 11.8 Å². The highest BCUT2D eigenvalue weighted by atomic mass is 32.2. The van der Waals surface area contributed by atoms with Gasteiger partial charge in [-0.1, -0.05) is 11.8 Å². The first kappa shape index (κ1) is 12.6. The second-order valence-electron chi connectivity index (χ2n) is 3.51. The van der Waals surface area contributed by atoms with E-state index in [1.807, 2.05) is 6.26 Å². The lowest BCUT2D eigenvalue weighted by Gasteiger charge is -2.26. The third-order valence-electron chi connectivity index (χ3n) is 2.43. The third kappa shape index (κ3) is 2.37. The minimum Gasteiger partial charge on any atom is -0.479 e. The molecule has 0 bridgehead atoms. The van der Waals surface area contributed by atoms with Crippen molar-refractivity contribution in [3.8, 4) is 5.88 Å². The van der Waals surface area contributed by atoms with Crippen molar-refractivity contribution in [3.05, 3.63) is 6.20 Å². The van der Waals surface area contributed by atoms with Crippen molar-refractivity contribution in [2.75, 3.05) is 24.8 Å². The van der Waals surface area contributed by atoms with Crippen molar-refractivity contribution in [1.82, 2.24) is 15.3 Å². The maximum Gasteiger partial charge on any atom is 0.328 e. The van der Waals surface area contributed by atoms with Crippen LogP contribution in [0.5, 0.6) is 5.88 Å². The van der Waals surface area contributed by atoms with E-state index >= 15 is 0 Å². The summed E-state index contributed by atoms with van der Waals surface area (Å²) in [4.78, 5) is 32.4. The number of nitrogens with zero attached hydrogens (tertiary/aromatic N) is 3. The normalized spacial score (nSPS) is 15.6. The minimum absolute atomic E-state index is 0.249. The van der Waals surface area contributed by atoms with E-state index < -0.39 is 6.03 Å². The SMILES string of the molecule is COc1nc(SC)ncc1N1CCC(=O)NC1=O. The molecule has 0 radical (unpaired) electrons. The van der Waals surface area contributed by atoms with Crippen LogP contribution in [-0.4, -0.2) is 41.8 Å². The molecule has 7 nitrogen and oxygen atoms in total. The number of aromatic nitrogens is 2. The quantitative estimate of drug-likeness (QED) is 0.640. The van der Waals surface area contributed by atoms with Crippen molar-refractivity contribution in [3.63, 3.8) is 0 Å². The smallest absolute Gasteiger partial charge is 0.328 e. The number of hydrogen-bond donors (Lipinski definition) is 1. The molecule has 96 valence electrons. The first-order valence-electron chi connectivity index (χ1n) is 5.22. The Morgan fingerprint density at radius 1 is 1.50 bits per heavy atom. The first-order chi connectivity index (χ1) is 8.65. The predicted molar refractivity (Wildman–Crippen MR) is 65.9 cm³/mol. The Kier molecular flexibility index (Phi) is 3.66. The molecule has 0 aromatic carbocycles. The Morgan fingerprint density at radius 2 is 2.28 bits per heavy atom. The number of anilines is 1. The first-order valence-corrected chi connectivity index (χ1v) is 6.44. The lowest BCUT2D eigenvalue weighted by molar-refractivity contribution is -0.120. The number of rotatable bonds is 3. The summed E-state index contributed by atoms with van der Waals surface area (Å²) in [6, 6.07) is -0.481. The van der Waals surface area contributed by atoms with Gasteiger partial charge in [0.05, 0.1) is 13.3 Å². The van der Waals surface area contributed by atoms with Crippen LogP contribution in [0, 0.1) is 0 Å². The number of thioether (sulfide) groups is 1. The van der Waals surface area contributed by atoms with Gasteiger partial charge in [-0.05, 0) is 6.26 Å². The Bertz CT molecular complexity index is 494. The Labute approximate surface area is 108 Å². The van der Waals surface area contributed by atoms with Crippen LogP contribution in [-0.2, 0) is 4.79 Å². The summed E-state index contributed by atoms with van der Waals surface area (Å²) >= 11 is 1.38. The van der Waals surface area contributed by atoms with Crippen molar-refractivity contribution in [2.45, 2.75) is 11.6 Å². The maximum atomic E-state index is 11.7. The fourth-order valence-corrected chi connectivity index (χ4v) is 1.90. The summed E-state index contributed by atoms with van der Waals surface area (Å²) in [5, 5.41) is 2.80. The number of nitrogens with one attached hydrogen (secondary N) is 1. The van der Waals surface area contributed by atoms with Gasteiger partial charge in [0.25, 0.3) is 0 Å². The van der Waals surface area contributed by atoms with Crippen LogP contribution in [0.2, 0.25) is 0 Å². The molecule has 18 heavy (non-hydrogen) atoms. The molecule has 1 fully saturated rings. The van der Waals surface area contributed by atoms with Crippen LogP contribution in [0.4, 0.5) is 10.5 Å². The molecule has 0 spiro atoms. The van der Waals surface area contributed by atoms with Crippen LogP contribution in [0.3, 0.4) is 0 Å². The molecule has 8 heteroatoms. The maximum absolute atomic E-state index is 11.7. The van der Waals surface area contributed by atoms with Gasteiger partial charge in [0.15, 0.2) is 5.16 Å². The zero-order valence-electron chi connectivity index (χ0n) is 9.97. The second-order valence-corrected chi connectivity index (χ2v) is 4.28. The molecule has 0 aliphatic carbocycles. The summed E-state index contributed by atoms with van der Waals surface area (Å²) in [5.74, 6) is 0.0377. The minimum atomic E-state index is -0.481. The Balaban J connectivity index is 2.32. The number of ether oxygens (including phenoxy) is 1. The topological polar surface area (TPSA) is 84.4 Å². The molecule has 2 rings (SSSR count). The van der Waals surface area contributed by atoms with Crippen LogP contribution in [0.15, 0.2) is 11.4 Å². The fraction of sp³-hybridized carbons (Fsp3) is 0.400. The van der Waals surface area contributed by atoms with Gasteiger partial charge in [-0.3, -0.25) is 15.0 Å². The van der Waals surface area contributed by atoms with E-state index in [9.17, 15) is 9.59 Å². The molecule has 1 aliphatic rings. The molecule has 1 N–H and O–H groups in total. The summed E-state index contributed by atoms with van der Waals surface area (Å²) in [6.45, 7) is 0.295. The third-order valence-corrected chi connectivity index (χ3v) is 3.00. The van der Waals surface area contributed by atoms with E-state index in [0.29, 0.717) is 23.3 Å². The molecular formula is C10H12N4O3S.